The third-order valence-corrected chi connectivity index (χ3v) is 2.75. The second-order valence-electron chi connectivity index (χ2n) is 3.60. The lowest BCUT2D eigenvalue weighted by Gasteiger charge is -2.49. The Morgan fingerprint density at radius 2 is 2.13 bits per heavy atom. The first-order valence-corrected chi connectivity index (χ1v) is 4.76. The number of carboxylic acids is 1. The highest BCUT2D eigenvalue weighted by atomic mass is 16.7. The normalized spacial score (nSPS) is 21.7. The maximum Gasteiger partial charge on any atom is 0.321 e. The van der Waals surface area contributed by atoms with E-state index < -0.39 is 17.8 Å². The van der Waals surface area contributed by atoms with E-state index >= 15 is 0 Å². The molecule has 0 aromatic rings. The van der Waals surface area contributed by atoms with Crippen molar-refractivity contribution in [2.24, 2.45) is 0 Å². The van der Waals surface area contributed by atoms with E-state index in [-0.39, 0.29) is 0 Å². The maximum atomic E-state index is 10.9. The van der Waals surface area contributed by atoms with Crippen LogP contribution in [0.2, 0.25) is 0 Å². The highest BCUT2D eigenvalue weighted by Crippen LogP contribution is 2.28. The average molecular weight is 215 g/mol. The van der Waals surface area contributed by atoms with Crippen LogP contribution in [0.1, 0.15) is 6.42 Å². The molecule has 1 aliphatic rings. The lowest BCUT2D eigenvalue weighted by atomic mass is 10.0. The van der Waals surface area contributed by atoms with Crippen LogP contribution in [-0.4, -0.2) is 55.1 Å². The van der Waals surface area contributed by atoms with Crippen molar-refractivity contribution >= 4 is 5.97 Å². The van der Waals surface area contributed by atoms with E-state index in [9.17, 15) is 4.79 Å². The summed E-state index contributed by atoms with van der Waals surface area (Å²) in [6.07, 6.45) is 2.04. The summed E-state index contributed by atoms with van der Waals surface area (Å²) in [5, 5.41) is 8.98. The van der Waals surface area contributed by atoms with E-state index in [2.05, 4.69) is 6.58 Å². The summed E-state index contributed by atoms with van der Waals surface area (Å²) in [5.41, 5.74) is 0. The van der Waals surface area contributed by atoms with Crippen molar-refractivity contribution in [3.63, 3.8) is 0 Å². The van der Waals surface area contributed by atoms with Crippen LogP contribution in [0, 0.1) is 0 Å². The second-order valence-corrected chi connectivity index (χ2v) is 3.60. The summed E-state index contributed by atoms with van der Waals surface area (Å²) in [7, 11) is 3.12. The van der Waals surface area contributed by atoms with Crippen LogP contribution in [0.5, 0.6) is 0 Å². The van der Waals surface area contributed by atoms with E-state index in [0.29, 0.717) is 19.5 Å². The number of hydrogen-bond acceptors (Lipinski definition) is 4. The Hall–Kier alpha value is -0.910. The fraction of sp³-hybridized carbons (Fsp3) is 0.700. The molecule has 15 heavy (non-hydrogen) atoms. The Morgan fingerprint density at radius 3 is 2.47 bits per heavy atom. The molecule has 0 aliphatic carbocycles. The number of ether oxygens (including phenoxy) is 2. The third kappa shape index (κ3) is 2.37. The molecule has 0 bridgehead atoms. The maximum absolute atomic E-state index is 10.9. The topological polar surface area (TPSA) is 59.0 Å². The van der Waals surface area contributed by atoms with Crippen LogP contribution in [0.25, 0.3) is 0 Å². The lowest BCUT2D eigenvalue weighted by Crippen LogP contribution is -2.67. The number of aliphatic carboxylic acids is 1. The van der Waals surface area contributed by atoms with Crippen LogP contribution < -0.4 is 0 Å². The molecule has 1 heterocycles. The second kappa shape index (κ2) is 4.74. The van der Waals surface area contributed by atoms with Crippen molar-refractivity contribution in [3.8, 4) is 0 Å². The quantitative estimate of drug-likeness (QED) is 0.511. The highest BCUT2D eigenvalue weighted by Gasteiger charge is 2.47. The summed E-state index contributed by atoms with van der Waals surface area (Å²) in [6, 6.07) is -0.527. The van der Waals surface area contributed by atoms with Gasteiger partial charge in [-0.2, -0.15) is 0 Å². The van der Waals surface area contributed by atoms with E-state index in [1.165, 1.54) is 0 Å². The van der Waals surface area contributed by atoms with Gasteiger partial charge in [-0.3, -0.25) is 9.69 Å². The van der Waals surface area contributed by atoms with Crippen molar-refractivity contribution in [2.75, 3.05) is 27.3 Å². The molecule has 86 valence electrons. The molecular weight excluding hydrogens is 198 g/mol. The number of rotatable bonds is 6. The SMILES string of the molecule is C=CCC(C(=O)O)N1CC(OC)(OC)C1. The van der Waals surface area contributed by atoms with Gasteiger partial charge < -0.3 is 14.6 Å². The van der Waals surface area contributed by atoms with Crippen LogP contribution in [0.4, 0.5) is 0 Å². The monoisotopic (exact) mass is 215 g/mol. The summed E-state index contributed by atoms with van der Waals surface area (Å²) < 4.78 is 10.4. The van der Waals surface area contributed by atoms with Crippen LogP contribution >= 0.6 is 0 Å². The van der Waals surface area contributed by atoms with Crippen LogP contribution in [0.15, 0.2) is 12.7 Å². The van der Waals surface area contributed by atoms with Gasteiger partial charge in [0.2, 0.25) is 0 Å². The van der Waals surface area contributed by atoms with E-state index in [4.69, 9.17) is 14.6 Å². The molecule has 1 rings (SSSR count). The third-order valence-electron chi connectivity index (χ3n) is 2.75. The first-order chi connectivity index (χ1) is 7.08. The fourth-order valence-corrected chi connectivity index (χ4v) is 1.70. The molecule has 1 fully saturated rings. The van der Waals surface area contributed by atoms with Crippen molar-refractivity contribution in [3.05, 3.63) is 12.7 Å². The average Bonchev–Trinajstić information content (AvgIpc) is 2.15. The van der Waals surface area contributed by atoms with Gasteiger partial charge in [-0.25, -0.2) is 0 Å². The Balaban J connectivity index is 2.54. The van der Waals surface area contributed by atoms with Crippen molar-refractivity contribution in [2.45, 2.75) is 18.2 Å². The molecule has 0 aromatic heterocycles. The number of hydrogen-bond donors (Lipinski definition) is 1. The number of carboxylic acid groups (broad SMARTS) is 1. The minimum Gasteiger partial charge on any atom is -0.480 e. The summed E-state index contributed by atoms with van der Waals surface area (Å²) in [4.78, 5) is 12.7. The van der Waals surface area contributed by atoms with Crippen molar-refractivity contribution < 1.29 is 19.4 Å². The molecule has 0 amide bonds. The molecule has 0 spiro atoms. The summed E-state index contributed by atoms with van der Waals surface area (Å²) >= 11 is 0. The molecule has 1 saturated heterocycles. The first kappa shape index (κ1) is 12.2. The molecule has 1 N–H and O–H groups in total. The standard InChI is InChI=1S/C10H17NO4/c1-4-5-8(9(12)13)11-6-10(7-11,14-2)15-3/h4,8H,1,5-7H2,2-3H3,(H,12,13). The summed E-state index contributed by atoms with van der Waals surface area (Å²) in [6.45, 7) is 4.50. The van der Waals surface area contributed by atoms with Gasteiger partial charge in [0.1, 0.15) is 6.04 Å². The molecule has 5 nitrogen and oxygen atoms in total. The summed E-state index contributed by atoms with van der Waals surface area (Å²) in [5.74, 6) is -1.47. The Bertz CT molecular complexity index is 242. The predicted molar refractivity (Wildman–Crippen MR) is 54.6 cm³/mol. The van der Waals surface area contributed by atoms with Crippen molar-refractivity contribution in [1.29, 1.82) is 0 Å². The van der Waals surface area contributed by atoms with Gasteiger partial charge in [0.05, 0.1) is 13.1 Å². The molecule has 1 unspecified atom stereocenters. The van der Waals surface area contributed by atoms with Gasteiger partial charge in [-0.15, -0.1) is 6.58 Å². The molecular formula is C10H17NO4. The molecule has 0 saturated carbocycles. The lowest BCUT2D eigenvalue weighted by molar-refractivity contribution is -0.281. The van der Waals surface area contributed by atoms with Crippen LogP contribution in [-0.2, 0) is 14.3 Å². The predicted octanol–water partition coefficient (Wildman–Crippen LogP) is 0.320. The van der Waals surface area contributed by atoms with Gasteiger partial charge in [-0.1, -0.05) is 6.08 Å². The van der Waals surface area contributed by atoms with Crippen LogP contribution in [0.3, 0.4) is 0 Å². The minimum atomic E-state index is -0.837. The molecule has 0 radical (unpaired) electrons. The van der Waals surface area contributed by atoms with Gasteiger partial charge in [0.15, 0.2) is 5.79 Å². The Kier molecular flexibility index (Phi) is 3.84. The zero-order valence-electron chi connectivity index (χ0n) is 9.10. The number of methoxy groups -OCH3 is 2. The van der Waals surface area contributed by atoms with E-state index in [0.717, 1.165) is 0 Å². The molecule has 1 atom stereocenters. The fourth-order valence-electron chi connectivity index (χ4n) is 1.70. The van der Waals surface area contributed by atoms with Crippen molar-refractivity contribution in [1.82, 2.24) is 4.90 Å². The Morgan fingerprint density at radius 1 is 1.60 bits per heavy atom. The number of nitrogens with zero attached hydrogens (tertiary/aromatic N) is 1. The largest absolute Gasteiger partial charge is 0.480 e. The highest BCUT2D eigenvalue weighted by molar-refractivity contribution is 5.73. The molecule has 1 aliphatic heterocycles. The number of carbonyl (C=O) groups is 1. The van der Waals surface area contributed by atoms with Gasteiger partial charge in [0.25, 0.3) is 0 Å². The van der Waals surface area contributed by atoms with Gasteiger partial charge in [0, 0.05) is 14.2 Å². The zero-order valence-corrected chi connectivity index (χ0v) is 9.10. The van der Waals surface area contributed by atoms with Gasteiger partial charge in [-0.05, 0) is 6.42 Å². The first-order valence-electron chi connectivity index (χ1n) is 4.76. The minimum absolute atomic E-state index is 0.429. The molecule has 5 heteroatoms. The number of likely N-dealkylation sites (tertiary alicyclic amines) is 1. The van der Waals surface area contributed by atoms with E-state index in [1.54, 1.807) is 25.2 Å². The van der Waals surface area contributed by atoms with Gasteiger partial charge >= 0.3 is 5.97 Å². The molecule has 0 aromatic carbocycles. The zero-order chi connectivity index (χ0) is 11.5. The smallest absolute Gasteiger partial charge is 0.321 e. The van der Waals surface area contributed by atoms with E-state index in [1.807, 2.05) is 0 Å². The Labute approximate surface area is 89.3 Å².